The molecule has 0 aliphatic heterocycles. The van der Waals surface area contributed by atoms with E-state index in [0.717, 1.165) is 0 Å². The van der Waals surface area contributed by atoms with Gasteiger partial charge in [0.05, 0.1) is 0 Å². The topological polar surface area (TPSA) is 66.4 Å². The van der Waals surface area contributed by atoms with Crippen LogP contribution in [0.25, 0.3) is 5.32 Å². The van der Waals surface area contributed by atoms with Crippen molar-refractivity contribution in [3.05, 3.63) is 11.9 Å². The van der Waals surface area contributed by atoms with Crippen molar-refractivity contribution in [3.8, 4) is 0 Å². The van der Waals surface area contributed by atoms with Gasteiger partial charge in [0.2, 0.25) is 6.09 Å². The summed E-state index contributed by atoms with van der Waals surface area (Å²) >= 11 is 0. The molecule has 0 heterocycles. The van der Waals surface area contributed by atoms with Crippen LogP contribution in [0.4, 0.5) is 4.79 Å². The summed E-state index contributed by atoms with van der Waals surface area (Å²) in [6.45, 7) is 6.85. The summed E-state index contributed by atoms with van der Waals surface area (Å²) in [6.07, 6.45) is -0.570. The van der Waals surface area contributed by atoms with Gasteiger partial charge in [0.1, 0.15) is 5.60 Å². The van der Waals surface area contributed by atoms with E-state index in [0.29, 0.717) is 0 Å². The van der Waals surface area contributed by atoms with Crippen LogP contribution in [0.2, 0.25) is 0 Å². The summed E-state index contributed by atoms with van der Waals surface area (Å²) in [7, 11) is 0. The predicted octanol–water partition coefficient (Wildman–Crippen LogP) is 1.41. The van der Waals surface area contributed by atoms with Crippen molar-refractivity contribution in [2.45, 2.75) is 26.4 Å². The number of hydrogen-bond donors (Lipinski definition) is 1. The number of rotatable bonds is 2. The molecule has 0 atom stereocenters. The quantitative estimate of drug-likeness (QED) is 0.772. The van der Waals surface area contributed by atoms with Gasteiger partial charge < -0.3 is 15.8 Å². The molecule has 5 heteroatoms. The third-order valence-electron chi connectivity index (χ3n) is 0.719. The van der Waals surface area contributed by atoms with Gasteiger partial charge in [-0.2, -0.15) is 0 Å². The van der Waals surface area contributed by atoms with Crippen molar-refractivity contribution in [2.75, 3.05) is 6.54 Å². The molecular formula is C7H14N2O2W. The molecule has 0 aromatic heterocycles. The molecule has 2 N–H and O–H groups in total. The fourth-order valence-electron chi connectivity index (χ4n) is 0.421. The minimum absolute atomic E-state index is 0. The van der Waals surface area contributed by atoms with Gasteiger partial charge in [-0.25, -0.2) is 6.54 Å². The molecule has 12 heavy (non-hydrogen) atoms. The molecule has 0 spiro atoms. The Morgan fingerprint density at radius 1 is 1.58 bits per heavy atom. The van der Waals surface area contributed by atoms with Gasteiger partial charge in [-0.05, 0) is 20.8 Å². The molecule has 0 radical (unpaired) electrons. The zero-order valence-electron chi connectivity index (χ0n) is 7.53. The maximum absolute atomic E-state index is 10.8. The Hall–Kier alpha value is -0.0817. The Labute approximate surface area is 87.5 Å². The average molecular weight is 342 g/mol. The van der Waals surface area contributed by atoms with E-state index in [1.165, 1.54) is 6.54 Å². The number of ether oxygens (including phenoxy) is 1. The molecule has 0 aromatic rings. The van der Waals surface area contributed by atoms with Crippen molar-refractivity contribution in [3.63, 3.8) is 0 Å². The van der Waals surface area contributed by atoms with Gasteiger partial charge in [-0.3, -0.25) is 11.3 Å². The smallest absolute Gasteiger partial charge is 0.641 e. The molecule has 0 fully saturated rings. The van der Waals surface area contributed by atoms with E-state index in [-0.39, 0.29) is 27.6 Å². The molecular weight excluding hydrogens is 328 g/mol. The van der Waals surface area contributed by atoms with Crippen LogP contribution in [0.3, 0.4) is 0 Å². The molecule has 70 valence electrons. The normalized spacial score (nSPS) is 10.0. The molecule has 0 saturated carbocycles. The van der Waals surface area contributed by atoms with Crippen LogP contribution in [-0.2, 0) is 25.8 Å². The number of amides is 1. The van der Waals surface area contributed by atoms with Crippen LogP contribution < -0.4 is 5.73 Å². The van der Waals surface area contributed by atoms with Crippen LogP contribution in [0.5, 0.6) is 0 Å². The third kappa shape index (κ3) is 9.92. The Morgan fingerprint density at radius 3 is 2.42 bits per heavy atom. The number of hydrogen-bond acceptors (Lipinski definition) is 3. The van der Waals surface area contributed by atoms with Gasteiger partial charge in [-0.1, -0.05) is 0 Å². The van der Waals surface area contributed by atoms with E-state index in [4.69, 9.17) is 10.5 Å². The number of nitrogens with two attached hydrogens (primary N) is 1. The molecule has 0 aromatic carbocycles. The van der Waals surface area contributed by atoms with Gasteiger partial charge in [-0.15, -0.1) is 0 Å². The molecule has 0 bridgehead atoms. The molecule has 0 saturated heterocycles. The van der Waals surface area contributed by atoms with Crippen LogP contribution in [0, 0.1) is 6.54 Å². The average Bonchev–Trinajstić information content (AvgIpc) is 1.79. The first-order valence-corrected chi connectivity index (χ1v) is 3.39. The molecule has 0 rings (SSSR count). The van der Waals surface area contributed by atoms with Crippen LogP contribution in [0.1, 0.15) is 20.8 Å². The second kappa shape index (κ2) is 6.44. The van der Waals surface area contributed by atoms with E-state index in [1.54, 1.807) is 20.8 Å². The largest absolute Gasteiger partial charge is 2.00 e. The van der Waals surface area contributed by atoms with Gasteiger partial charge >= 0.3 is 21.1 Å². The number of carbonyl (C=O) groups is 1. The maximum atomic E-state index is 10.8. The summed E-state index contributed by atoms with van der Waals surface area (Å²) in [5, 5.41) is 3.49. The number of carbonyl (C=O) groups excluding carboxylic acids is 1. The Bertz CT molecular complexity index is 134. The Morgan fingerprint density at radius 2 is 2.08 bits per heavy atom. The fourth-order valence-corrected chi connectivity index (χ4v) is 0.421. The number of nitrogens with zero attached hydrogens (tertiary/aromatic N) is 1. The van der Waals surface area contributed by atoms with Crippen molar-refractivity contribution >= 4 is 6.09 Å². The fraction of sp³-hybridized carbons (Fsp3) is 0.714. The Kier molecular flexibility index (Phi) is 7.75. The molecule has 0 unspecified atom stereocenters. The second-order valence-electron chi connectivity index (χ2n) is 3.06. The van der Waals surface area contributed by atoms with Crippen molar-refractivity contribution < 1.29 is 30.6 Å². The molecule has 0 aliphatic carbocycles. The zero-order valence-corrected chi connectivity index (χ0v) is 10.5. The SMILES string of the molecule is CC(C)(C)OC(=O)[N-]C[CH-]N.[W+2]. The summed E-state index contributed by atoms with van der Waals surface area (Å²) in [5.41, 5.74) is 4.54. The van der Waals surface area contributed by atoms with Crippen LogP contribution in [0.15, 0.2) is 0 Å². The zero-order chi connectivity index (χ0) is 8.91. The van der Waals surface area contributed by atoms with Crippen molar-refractivity contribution in [1.82, 2.24) is 0 Å². The minimum Gasteiger partial charge on any atom is -0.641 e. The van der Waals surface area contributed by atoms with Crippen molar-refractivity contribution in [1.29, 1.82) is 0 Å². The third-order valence-corrected chi connectivity index (χ3v) is 0.719. The minimum atomic E-state index is -0.570. The summed E-state index contributed by atoms with van der Waals surface area (Å²) < 4.78 is 4.86. The summed E-state index contributed by atoms with van der Waals surface area (Å²) in [6, 6.07) is 0. The monoisotopic (exact) mass is 342 g/mol. The van der Waals surface area contributed by atoms with E-state index >= 15 is 0 Å². The molecule has 0 aliphatic rings. The van der Waals surface area contributed by atoms with E-state index in [9.17, 15) is 4.79 Å². The summed E-state index contributed by atoms with van der Waals surface area (Å²) in [4.78, 5) is 10.8. The van der Waals surface area contributed by atoms with Gasteiger partial charge in [0, 0.05) is 0 Å². The first kappa shape index (κ1) is 14.4. The molecule has 4 nitrogen and oxygen atoms in total. The van der Waals surface area contributed by atoms with Gasteiger partial charge in [0.15, 0.2) is 0 Å². The maximum Gasteiger partial charge on any atom is 2.00 e. The first-order chi connectivity index (χ1) is 4.95. The Balaban J connectivity index is 0. The van der Waals surface area contributed by atoms with E-state index in [1.807, 2.05) is 0 Å². The van der Waals surface area contributed by atoms with E-state index < -0.39 is 11.7 Å². The van der Waals surface area contributed by atoms with Gasteiger partial charge in [0.25, 0.3) is 0 Å². The van der Waals surface area contributed by atoms with Crippen molar-refractivity contribution in [2.24, 2.45) is 5.73 Å². The first-order valence-electron chi connectivity index (χ1n) is 3.39. The van der Waals surface area contributed by atoms with E-state index in [2.05, 4.69) is 5.32 Å². The standard InChI is InChI=1S/C7H15N2O2.W/c1-7(2,3)11-6(10)9-5-4-8;/h4H,5,8H2,1-3H3,(H,9,10);/q-1;+2/p-1. The predicted molar refractivity (Wildman–Crippen MR) is 42.9 cm³/mol. The molecule has 1 amide bonds. The summed E-state index contributed by atoms with van der Waals surface area (Å²) in [5.74, 6) is 0. The van der Waals surface area contributed by atoms with Crippen LogP contribution in [-0.4, -0.2) is 18.2 Å². The second-order valence-corrected chi connectivity index (χ2v) is 3.06. The van der Waals surface area contributed by atoms with Crippen LogP contribution >= 0.6 is 0 Å².